The van der Waals surface area contributed by atoms with Crippen molar-refractivity contribution in [3.63, 3.8) is 0 Å². The highest BCUT2D eigenvalue weighted by Crippen LogP contribution is 2.05. The number of Topliss-reactive ketones (excluding diaryl/α,β-unsaturated/α-hetero) is 1. The zero-order valence-corrected chi connectivity index (χ0v) is 5.68. The van der Waals surface area contributed by atoms with Gasteiger partial charge in [0, 0.05) is 13.0 Å². The minimum absolute atomic E-state index is 0.229. The molecule has 9 heavy (non-hydrogen) atoms. The standard InChI is InChI=1S/C7H11NO/c1-2-7(9)6-4-3-5-8-6/h2-5H2,1H3. The third kappa shape index (κ3) is 1.37. The van der Waals surface area contributed by atoms with Gasteiger partial charge >= 0.3 is 0 Å². The lowest BCUT2D eigenvalue weighted by atomic mass is 10.1. The molecule has 0 radical (unpaired) electrons. The van der Waals surface area contributed by atoms with Gasteiger partial charge in [-0.1, -0.05) is 6.92 Å². The fourth-order valence-corrected chi connectivity index (χ4v) is 0.971. The van der Waals surface area contributed by atoms with Crippen LogP contribution in [0.1, 0.15) is 26.2 Å². The van der Waals surface area contributed by atoms with Crippen molar-refractivity contribution in [2.24, 2.45) is 4.99 Å². The van der Waals surface area contributed by atoms with Crippen LogP contribution in [0.4, 0.5) is 0 Å². The Balaban J connectivity index is 2.51. The molecule has 0 N–H and O–H groups in total. The Labute approximate surface area is 55.0 Å². The number of carbonyl (C=O) groups excluding carboxylic acids is 1. The molecule has 0 aromatic heterocycles. The van der Waals surface area contributed by atoms with Crippen LogP contribution >= 0.6 is 0 Å². The molecule has 0 fully saturated rings. The highest BCUT2D eigenvalue weighted by molar-refractivity contribution is 6.40. The molecule has 0 unspecified atom stereocenters. The summed E-state index contributed by atoms with van der Waals surface area (Å²) < 4.78 is 0. The van der Waals surface area contributed by atoms with E-state index < -0.39 is 0 Å². The van der Waals surface area contributed by atoms with Crippen LogP contribution in [0.15, 0.2) is 4.99 Å². The fourth-order valence-electron chi connectivity index (χ4n) is 0.971. The number of ketones is 1. The summed E-state index contributed by atoms with van der Waals surface area (Å²) in [6.45, 7) is 2.74. The molecule has 0 saturated carbocycles. The Kier molecular flexibility index (Phi) is 1.98. The molecule has 0 aromatic rings. The molecule has 1 heterocycles. The lowest BCUT2D eigenvalue weighted by molar-refractivity contribution is -0.112. The number of aliphatic imine (C=N–C) groups is 1. The number of hydrogen-bond acceptors (Lipinski definition) is 2. The first-order valence-corrected chi connectivity index (χ1v) is 3.41. The molecule has 0 aromatic carbocycles. The van der Waals surface area contributed by atoms with E-state index in [1.807, 2.05) is 6.92 Å². The summed E-state index contributed by atoms with van der Waals surface area (Å²) in [4.78, 5) is 15.0. The van der Waals surface area contributed by atoms with Gasteiger partial charge in [0.25, 0.3) is 0 Å². The van der Waals surface area contributed by atoms with Crippen LogP contribution in [0, 0.1) is 0 Å². The van der Waals surface area contributed by atoms with Crippen LogP contribution < -0.4 is 0 Å². The second kappa shape index (κ2) is 2.76. The smallest absolute Gasteiger partial charge is 0.176 e. The van der Waals surface area contributed by atoms with Crippen molar-refractivity contribution >= 4 is 11.5 Å². The first-order valence-electron chi connectivity index (χ1n) is 3.41. The molecule has 0 atom stereocenters. The van der Waals surface area contributed by atoms with Crippen molar-refractivity contribution in [3.05, 3.63) is 0 Å². The van der Waals surface area contributed by atoms with Crippen molar-refractivity contribution in [3.8, 4) is 0 Å². The minimum atomic E-state index is 0.229. The summed E-state index contributed by atoms with van der Waals surface area (Å²) >= 11 is 0. The zero-order chi connectivity index (χ0) is 6.69. The third-order valence-corrected chi connectivity index (χ3v) is 1.52. The Morgan fingerprint density at radius 1 is 1.78 bits per heavy atom. The molecule has 0 amide bonds. The number of hydrogen-bond donors (Lipinski definition) is 0. The molecule has 0 saturated heterocycles. The van der Waals surface area contributed by atoms with Crippen molar-refractivity contribution in [1.82, 2.24) is 0 Å². The van der Waals surface area contributed by atoms with Crippen molar-refractivity contribution in [1.29, 1.82) is 0 Å². The summed E-state index contributed by atoms with van der Waals surface area (Å²) in [5.41, 5.74) is 0.817. The van der Waals surface area contributed by atoms with E-state index >= 15 is 0 Å². The first-order chi connectivity index (χ1) is 4.34. The lowest BCUT2D eigenvalue weighted by Gasteiger charge is -1.91. The normalized spacial score (nSPS) is 17.7. The molecule has 50 valence electrons. The highest BCUT2D eigenvalue weighted by Gasteiger charge is 2.11. The molecule has 0 spiro atoms. The largest absolute Gasteiger partial charge is 0.293 e. The van der Waals surface area contributed by atoms with Gasteiger partial charge in [-0.15, -0.1) is 0 Å². The number of carbonyl (C=O) groups is 1. The molecule has 0 aliphatic carbocycles. The topological polar surface area (TPSA) is 29.4 Å². The van der Waals surface area contributed by atoms with E-state index in [1.165, 1.54) is 0 Å². The maximum Gasteiger partial charge on any atom is 0.176 e. The van der Waals surface area contributed by atoms with Crippen LogP contribution in [0.3, 0.4) is 0 Å². The Morgan fingerprint density at radius 2 is 2.56 bits per heavy atom. The Morgan fingerprint density at radius 3 is 3.00 bits per heavy atom. The molecule has 0 bridgehead atoms. The highest BCUT2D eigenvalue weighted by atomic mass is 16.1. The van der Waals surface area contributed by atoms with Crippen molar-refractivity contribution in [2.45, 2.75) is 26.2 Å². The van der Waals surface area contributed by atoms with Crippen LogP contribution in [0.5, 0.6) is 0 Å². The molecular formula is C7H11NO. The van der Waals surface area contributed by atoms with Crippen molar-refractivity contribution in [2.75, 3.05) is 6.54 Å². The average Bonchev–Trinajstić information content (AvgIpc) is 2.37. The van der Waals surface area contributed by atoms with Gasteiger partial charge in [0.05, 0.1) is 5.71 Å². The van der Waals surface area contributed by atoms with Crippen molar-refractivity contribution < 1.29 is 4.79 Å². The summed E-state index contributed by atoms with van der Waals surface area (Å²) in [5, 5.41) is 0. The monoisotopic (exact) mass is 125 g/mol. The molecular weight excluding hydrogens is 114 g/mol. The fraction of sp³-hybridized carbons (Fsp3) is 0.714. The van der Waals surface area contributed by atoms with Gasteiger partial charge in [0.2, 0.25) is 0 Å². The van der Waals surface area contributed by atoms with E-state index in [1.54, 1.807) is 0 Å². The lowest BCUT2D eigenvalue weighted by Crippen LogP contribution is -2.08. The number of nitrogens with zero attached hydrogens (tertiary/aromatic N) is 1. The van der Waals surface area contributed by atoms with E-state index in [-0.39, 0.29) is 5.78 Å². The summed E-state index contributed by atoms with van der Waals surface area (Å²) in [7, 11) is 0. The maximum atomic E-state index is 10.9. The minimum Gasteiger partial charge on any atom is -0.293 e. The Hall–Kier alpha value is -0.660. The summed E-state index contributed by atoms with van der Waals surface area (Å²) in [5.74, 6) is 0.229. The van der Waals surface area contributed by atoms with E-state index in [2.05, 4.69) is 4.99 Å². The van der Waals surface area contributed by atoms with E-state index in [0.29, 0.717) is 6.42 Å². The predicted molar refractivity (Wildman–Crippen MR) is 36.8 cm³/mol. The van der Waals surface area contributed by atoms with Crippen LogP contribution in [0.25, 0.3) is 0 Å². The second-order valence-electron chi connectivity index (χ2n) is 2.21. The predicted octanol–water partition coefficient (Wildman–Crippen LogP) is 1.20. The molecule has 2 heteroatoms. The molecule has 1 aliphatic rings. The van der Waals surface area contributed by atoms with Gasteiger partial charge in [-0.2, -0.15) is 0 Å². The van der Waals surface area contributed by atoms with E-state index in [9.17, 15) is 4.79 Å². The van der Waals surface area contributed by atoms with Crippen LogP contribution in [-0.4, -0.2) is 18.0 Å². The van der Waals surface area contributed by atoms with Gasteiger partial charge in [0.1, 0.15) is 0 Å². The van der Waals surface area contributed by atoms with Gasteiger partial charge < -0.3 is 0 Å². The third-order valence-electron chi connectivity index (χ3n) is 1.52. The van der Waals surface area contributed by atoms with Crippen LogP contribution in [0.2, 0.25) is 0 Å². The Bertz CT molecular complexity index is 149. The molecule has 2 nitrogen and oxygen atoms in total. The summed E-state index contributed by atoms with van der Waals surface area (Å²) in [6.07, 6.45) is 2.59. The maximum absolute atomic E-state index is 10.9. The SMILES string of the molecule is CCC(=O)C1=NCCC1. The van der Waals surface area contributed by atoms with E-state index in [0.717, 1.165) is 25.1 Å². The number of rotatable bonds is 2. The summed E-state index contributed by atoms with van der Waals surface area (Å²) in [6, 6.07) is 0. The van der Waals surface area contributed by atoms with Crippen LogP contribution in [-0.2, 0) is 4.79 Å². The zero-order valence-electron chi connectivity index (χ0n) is 5.68. The van der Waals surface area contributed by atoms with Gasteiger partial charge in [0.15, 0.2) is 5.78 Å². The van der Waals surface area contributed by atoms with Gasteiger partial charge in [-0.25, -0.2) is 0 Å². The molecule has 1 aliphatic heterocycles. The first kappa shape index (κ1) is 6.46. The molecule has 1 rings (SSSR count). The quantitative estimate of drug-likeness (QED) is 0.545. The van der Waals surface area contributed by atoms with E-state index in [4.69, 9.17) is 0 Å². The average molecular weight is 125 g/mol. The van der Waals surface area contributed by atoms with Gasteiger partial charge in [-0.3, -0.25) is 9.79 Å². The second-order valence-corrected chi connectivity index (χ2v) is 2.21. The van der Waals surface area contributed by atoms with Gasteiger partial charge in [-0.05, 0) is 12.8 Å².